The molecule has 0 spiro atoms. The molecule has 6 nitrogen and oxygen atoms in total. The molecular weight excluding hydrogens is 252 g/mol. The van der Waals surface area contributed by atoms with E-state index in [0.29, 0.717) is 12.8 Å². The van der Waals surface area contributed by atoms with Gasteiger partial charge in [-0.25, -0.2) is 4.79 Å². The van der Waals surface area contributed by atoms with Crippen LogP contribution in [-0.4, -0.2) is 53.0 Å². The van der Waals surface area contributed by atoms with Crippen molar-refractivity contribution in [1.82, 2.24) is 0 Å². The van der Waals surface area contributed by atoms with Crippen LogP contribution in [0.4, 0.5) is 0 Å². The van der Waals surface area contributed by atoms with Gasteiger partial charge in [-0.3, -0.25) is 0 Å². The number of hydrogen-bond acceptors (Lipinski definition) is 6. The van der Waals surface area contributed by atoms with Crippen molar-refractivity contribution in [3.63, 3.8) is 0 Å². The van der Waals surface area contributed by atoms with Gasteiger partial charge in [0.2, 0.25) is 0 Å². The minimum Gasteiger partial charge on any atom is -0.467 e. The highest BCUT2D eigenvalue weighted by molar-refractivity contribution is 5.79. The third kappa shape index (κ3) is 2.38. The molecule has 2 N–H and O–H groups in total. The van der Waals surface area contributed by atoms with Crippen LogP contribution in [0.2, 0.25) is 0 Å². The van der Waals surface area contributed by atoms with Gasteiger partial charge in [-0.15, -0.1) is 0 Å². The maximum Gasteiger partial charge on any atom is 0.338 e. The fraction of sp³-hybridized carbons (Fsp3) is 0.923. The standard InChI is InChI=1S/C13H22O6/c1-4-13(5-2)18-9-7-12(16,11(15)17-3)6-8(14)10(9)19-13/h8-10,14,16H,4-7H2,1-3H3/t8-,9-,10+,12-/m1/s1. The Morgan fingerprint density at radius 2 is 1.95 bits per heavy atom. The zero-order valence-corrected chi connectivity index (χ0v) is 11.6. The number of esters is 1. The monoisotopic (exact) mass is 274 g/mol. The van der Waals surface area contributed by atoms with Gasteiger partial charge < -0.3 is 24.4 Å². The van der Waals surface area contributed by atoms with Crippen molar-refractivity contribution in [1.29, 1.82) is 0 Å². The normalized spacial score (nSPS) is 40.8. The highest BCUT2D eigenvalue weighted by Crippen LogP contribution is 2.43. The van der Waals surface area contributed by atoms with E-state index in [1.807, 2.05) is 13.8 Å². The van der Waals surface area contributed by atoms with Crippen molar-refractivity contribution in [2.75, 3.05) is 7.11 Å². The summed E-state index contributed by atoms with van der Waals surface area (Å²) in [4.78, 5) is 11.6. The van der Waals surface area contributed by atoms with Crippen LogP contribution in [0, 0.1) is 0 Å². The highest BCUT2D eigenvalue weighted by Gasteiger charge is 2.57. The van der Waals surface area contributed by atoms with E-state index in [1.54, 1.807) is 0 Å². The van der Waals surface area contributed by atoms with Crippen LogP contribution in [-0.2, 0) is 19.0 Å². The van der Waals surface area contributed by atoms with E-state index in [9.17, 15) is 15.0 Å². The Morgan fingerprint density at radius 1 is 1.32 bits per heavy atom. The van der Waals surface area contributed by atoms with Gasteiger partial charge in [0.1, 0.15) is 6.10 Å². The van der Waals surface area contributed by atoms with E-state index in [2.05, 4.69) is 4.74 Å². The Kier molecular flexibility index (Phi) is 3.88. The summed E-state index contributed by atoms with van der Waals surface area (Å²) in [5.74, 6) is -1.46. The van der Waals surface area contributed by atoms with Crippen molar-refractivity contribution in [3.05, 3.63) is 0 Å². The molecule has 2 rings (SSSR count). The molecule has 19 heavy (non-hydrogen) atoms. The summed E-state index contributed by atoms with van der Waals surface area (Å²) in [6.07, 6.45) is -0.628. The summed E-state index contributed by atoms with van der Waals surface area (Å²) in [6.45, 7) is 3.89. The summed E-state index contributed by atoms with van der Waals surface area (Å²) in [7, 11) is 1.22. The molecule has 0 aromatic carbocycles. The molecule has 0 bridgehead atoms. The zero-order valence-electron chi connectivity index (χ0n) is 11.6. The molecule has 0 aromatic rings. The van der Waals surface area contributed by atoms with Crippen LogP contribution >= 0.6 is 0 Å². The fourth-order valence-corrected chi connectivity index (χ4v) is 3.00. The van der Waals surface area contributed by atoms with Crippen LogP contribution in [0.5, 0.6) is 0 Å². The largest absolute Gasteiger partial charge is 0.467 e. The van der Waals surface area contributed by atoms with E-state index in [4.69, 9.17) is 9.47 Å². The van der Waals surface area contributed by atoms with Gasteiger partial charge in [0.25, 0.3) is 0 Å². The second kappa shape index (κ2) is 5.01. The Balaban J connectivity index is 2.19. The molecule has 6 heteroatoms. The van der Waals surface area contributed by atoms with E-state index >= 15 is 0 Å². The van der Waals surface area contributed by atoms with Gasteiger partial charge >= 0.3 is 5.97 Å². The van der Waals surface area contributed by atoms with Crippen molar-refractivity contribution >= 4 is 5.97 Å². The number of aliphatic hydroxyl groups is 2. The third-order valence-corrected chi connectivity index (χ3v) is 4.19. The average molecular weight is 274 g/mol. The Labute approximate surface area is 112 Å². The lowest BCUT2D eigenvalue weighted by Crippen LogP contribution is -2.55. The second-order valence-corrected chi connectivity index (χ2v) is 5.36. The molecule has 1 aliphatic heterocycles. The molecule has 1 aliphatic carbocycles. The molecular formula is C13H22O6. The Hall–Kier alpha value is -0.690. The van der Waals surface area contributed by atoms with Gasteiger partial charge in [-0.05, 0) is 12.8 Å². The molecule has 110 valence electrons. The van der Waals surface area contributed by atoms with Crippen molar-refractivity contribution < 1.29 is 29.2 Å². The van der Waals surface area contributed by atoms with Crippen LogP contribution in [0.15, 0.2) is 0 Å². The molecule has 0 aromatic heterocycles. The molecule has 4 atom stereocenters. The molecule has 0 radical (unpaired) electrons. The first-order valence-corrected chi connectivity index (χ1v) is 6.74. The molecule has 0 unspecified atom stereocenters. The smallest absolute Gasteiger partial charge is 0.338 e. The number of methoxy groups -OCH3 is 1. The predicted octanol–water partition coefficient (Wildman–Crippen LogP) is 0.345. The molecule has 2 aliphatic rings. The number of ether oxygens (including phenoxy) is 3. The number of hydrogen-bond donors (Lipinski definition) is 2. The number of fused-ring (bicyclic) bond motifs is 1. The fourth-order valence-electron chi connectivity index (χ4n) is 3.00. The Morgan fingerprint density at radius 3 is 2.47 bits per heavy atom. The lowest BCUT2D eigenvalue weighted by molar-refractivity contribution is -0.184. The highest BCUT2D eigenvalue weighted by atomic mass is 16.8. The van der Waals surface area contributed by atoms with E-state index in [0.717, 1.165) is 0 Å². The second-order valence-electron chi connectivity index (χ2n) is 5.36. The Bertz CT molecular complexity index is 353. The summed E-state index contributed by atoms with van der Waals surface area (Å²) < 4.78 is 16.3. The molecule has 1 heterocycles. The van der Waals surface area contributed by atoms with Crippen molar-refractivity contribution in [3.8, 4) is 0 Å². The van der Waals surface area contributed by atoms with E-state index in [1.165, 1.54) is 7.11 Å². The number of rotatable bonds is 3. The number of carbonyl (C=O) groups excluding carboxylic acids is 1. The number of aliphatic hydroxyl groups excluding tert-OH is 1. The zero-order chi connectivity index (χ0) is 14.3. The van der Waals surface area contributed by atoms with Gasteiger partial charge in [0, 0.05) is 12.8 Å². The summed E-state index contributed by atoms with van der Waals surface area (Å²) >= 11 is 0. The first-order chi connectivity index (χ1) is 8.89. The molecule has 0 amide bonds. The topological polar surface area (TPSA) is 85.2 Å². The lowest BCUT2D eigenvalue weighted by atomic mass is 9.80. The first kappa shape index (κ1) is 14.7. The van der Waals surface area contributed by atoms with Crippen molar-refractivity contribution in [2.24, 2.45) is 0 Å². The maximum absolute atomic E-state index is 11.6. The minimum atomic E-state index is -1.70. The van der Waals surface area contributed by atoms with Crippen LogP contribution in [0.1, 0.15) is 39.5 Å². The van der Waals surface area contributed by atoms with Crippen molar-refractivity contribution in [2.45, 2.75) is 69.2 Å². The van der Waals surface area contributed by atoms with Crippen LogP contribution < -0.4 is 0 Å². The van der Waals surface area contributed by atoms with Crippen LogP contribution in [0.25, 0.3) is 0 Å². The molecule has 1 saturated heterocycles. The van der Waals surface area contributed by atoms with Gasteiger partial charge in [0.05, 0.1) is 19.3 Å². The SMILES string of the molecule is CCC1(CC)O[C@H]2[C@H](O)C[C@](O)(C(=O)OC)C[C@H]2O1. The minimum absolute atomic E-state index is 0.0865. The van der Waals surface area contributed by atoms with Gasteiger partial charge in [-0.1, -0.05) is 13.8 Å². The summed E-state index contributed by atoms with van der Waals surface area (Å²) in [6, 6.07) is 0. The predicted molar refractivity (Wildman–Crippen MR) is 65.3 cm³/mol. The summed E-state index contributed by atoms with van der Waals surface area (Å²) in [5, 5.41) is 20.4. The quantitative estimate of drug-likeness (QED) is 0.722. The van der Waals surface area contributed by atoms with E-state index < -0.39 is 35.7 Å². The van der Waals surface area contributed by atoms with Gasteiger partial charge in [-0.2, -0.15) is 0 Å². The molecule has 1 saturated carbocycles. The average Bonchev–Trinajstić information content (AvgIpc) is 2.77. The first-order valence-electron chi connectivity index (χ1n) is 6.74. The molecule has 2 fully saturated rings. The maximum atomic E-state index is 11.6. The number of carbonyl (C=O) groups is 1. The van der Waals surface area contributed by atoms with E-state index in [-0.39, 0.29) is 12.8 Å². The third-order valence-electron chi connectivity index (χ3n) is 4.19. The van der Waals surface area contributed by atoms with Gasteiger partial charge in [0.15, 0.2) is 11.4 Å². The summed E-state index contributed by atoms with van der Waals surface area (Å²) in [5.41, 5.74) is -1.70. The lowest BCUT2D eigenvalue weighted by Gasteiger charge is -2.37. The van der Waals surface area contributed by atoms with Crippen LogP contribution in [0.3, 0.4) is 0 Å².